The average molecular weight is 419 g/mol. The maximum absolute atomic E-state index is 11.6. The molecule has 2 N–H and O–H groups in total. The van der Waals surface area contributed by atoms with E-state index in [1.807, 2.05) is 37.3 Å². The van der Waals surface area contributed by atoms with Crippen molar-refractivity contribution in [3.8, 4) is 0 Å². The summed E-state index contributed by atoms with van der Waals surface area (Å²) in [6.45, 7) is 4.12. The van der Waals surface area contributed by atoms with E-state index in [1.54, 1.807) is 23.9 Å². The molecule has 2 atom stereocenters. The van der Waals surface area contributed by atoms with Crippen LogP contribution in [0.4, 0.5) is 4.79 Å². The van der Waals surface area contributed by atoms with E-state index in [-0.39, 0.29) is 13.0 Å². The number of benzene rings is 1. The van der Waals surface area contributed by atoms with Crippen molar-refractivity contribution < 1.29 is 19.8 Å². The van der Waals surface area contributed by atoms with Crippen molar-refractivity contribution in [2.45, 2.75) is 39.0 Å². The van der Waals surface area contributed by atoms with Gasteiger partial charge in [-0.1, -0.05) is 41.9 Å². The van der Waals surface area contributed by atoms with Crippen LogP contribution in [0.25, 0.3) is 10.9 Å². The summed E-state index contributed by atoms with van der Waals surface area (Å²) in [6, 6.07) is 10.3. The van der Waals surface area contributed by atoms with Gasteiger partial charge in [-0.3, -0.25) is 9.52 Å². The number of hydroxylamine groups is 2. The Morgan fingerprint density at radius 1 is 1.34 bits per heavy atom. The molecule has 2 unspecified atom stereocenters. The van der Waals surface area contributed by atoms with Gasteiger partial charge in [0.1, 0.15) is 11.8 Å². The molecule has 2 aromatic heterocycles. The second-order valence-corrected chi connectivity index (χ2v) is 7.03. The highest BCUT2D eigenvalue weighted by atomic mass is 35.5. The van der Waals surface area contributed by atoms with Crippen LogP contribution in [-0.2, 0) is 17.8 Å². The molecule has 0 aliphatic heterocycles. The molecule has 0 saturated carbocycles. The van der Waals surface area contributed by atoms with Crippen LogP contribution >= 0.6 is 11.6 Å². The van der Waals surface area contributed by atoms with Crippen molar-refractivity contribution in [2.24, 2.45) is 0 Å². The lowest BCUT2D eigenvalue weighted by Crippen LogP contribution is -2.35. The predicted molar refractivity (Wildman–Crippen MR) is 109 cm³/mol. The molecule has 154 valence electrons. The fourth-order valence-corrected chi connectivity index (χ4v) is 3.41. The van der Waals surface area contributed by atoms with Gasteiger partial charge in [-0.05, 0) is 25.5 Å². The van der Waals surface area contributed by atoms with Gasteiger partial charge in [-0.15, -0.1) is 0 Å². The summed E-state index contributed by atoms with van der Waals surface area (Å²) in [5.74, 6) is 0. The summed E-state index contributed by atoms with van der Waals surface area (Å²) in [4.78, 5) is 21.4. The lowest BCUT2D eigenvalue weighted by atomic mass is 10.1. The van der Waals surface area contributed by atoms with Crippen LogP contribution in [0.1, 0.15) is 31.1 Å². The minimum absolute atomic E-state index is 0.149. The SMILES string of the molecule is CCn1ncc2cc(Cl)nc(CC(O)CON(C(=O)O)C(C)c3ccccc3)c21. The first-order valence-electron chi connectivity index (χ1n) is 9.29. The largest absolute Gasteiger partial charge is 0.463 e. The standard InChI is InChI=1S/C20H23ClN4O4/c1-3-24-19-15(11-22-24)9-18(21)23-17(19)10-16(26)12-29-25(20(27)28)13(2)14-7-5-4-6-8-14/h4-9,11,13,16,26H,3,10,12H2,1-2H3,(H,27,28). The van der Waals surface area contributed by atoms with Gasteiger partial charge in [0.25, 0.3) is 0 Å². The van der Waals surface area contributed by atoms with Crippen LogP contribution in [0, 0.1) is 0 Å². The molecule has 0 aliphatic carbocycles. The van der Waals surface area contributed by atoms with Crippen molar-refractivity contribution in [1.82, 2.24) is 19.8 Å². The highest BCUT2D eigenvalue weighted by molar-refractivity contribution is 6.30. The van der Waals surface area contributed by atoms with Crippen molar-refractivity contribution in [2.75, 3.05) is 6.61 Å². The van der Waals surface area contributed by atoms with E-state index < -0.39 is 18.2 Å². The van der Waals surface area contributed by atoms with Gasteiger partial charge in [-0.25, -0.2) is 9.78 Å². The summed E-state index contributed by atoms with van der Waals surface area (Å²) in [7, 11) is 0. The quantitative estimate of drug-likeness (QED) is 0.427. The Balaban J connectivity index is 1.72. The molecule has 2 heterocycles. The van der Waals surface area contributed by atoms with E-state index in [9.17, 15) is 15.0 Å². The molecule has 29 heavy (non-hydrogen) atoms. The number of amides is 1. The predicted octanol–water partition coefficient (Wildman–Crippen LogP) is 3.68. The molecule has 8 nitrogen and oxygen atoms in total. The highest BCUT2D eigenvalue weighted by Gasteiger charge is 2.24. The topological polar surface area (TPSA) is 101 Å². The third kappa shape index (κ3) is 4.84. The van der Waals surface area contributed by atoms with E-state index in [0.29, 0.717) is 17.4 Å². The van der Waals surface area contributed by atoms with E-state index in [2.05, 4.69) is 10.1 Å². The number of carbonyl (C=O) groups is 1. The minimum Gasteiger partial charge on any atom is -0.463 e. The smallest absolute Gasteiger partial charge is 0.432 e. The molecule has 0 bridgehead atoms. The first kappa shape index (κ1) is 21.0. The number of aliphatic hydroxyl groups excluding tert-OH is 1. The zero-order chi connectivity index (χ0) is 21.0. The molecule has 0 spiro atoms. The lowest BCUT2D eigenvalue weighted by Gasteiger charge is -2.26. The zero-order valence-electron chi connectivity index (χ0n) is 16.2. The fraction of sp³-hybridized carbons (Fsp3) is 0.350. The first-order valence-corrected chi connectivity index (χ1v) is 9.67. The molecule has 9 heteroatoms. The molecule has 3 rings (SSSR count). The fourth-order valence-electron chi connectivity index (χ4n) is 3.19. The van der Waals surface area contributed by atoms with Crippen molar-refractivity contribution in [3.05, 3.63) is 59.0 Å². The number of nitrogens with zero attached hydrogens (tertiary/aromatic N) is 4. The molecular formula is C20H23ClN4O4. The van der Waals surface area contributed by atoms with Crippen LogP contribution in [0.2, 0.25) is 5.15 Å². The molecule has 0 fully saturated rings. The van der Waals surface area contributed by atoms with Gasteiger partial charge in [0.2, 0.25) is 0 Å². The van der Waals surface area contributed by atoms with Crippen molar-refractivity contribution in [3.63, 3.8) is 0 Å². The Morgan fingerprint density at radius 3 is 2.72 bits per heavy atom. The Bertz CT molecular complexity index is 979. The Hall–Kier alpha value is -2.68. The number of aliphatic hydroxyl groups is 1. The number of fused-ring (bicyclic) bond motifs is 1. The number of hydrogen-bond acceptors (Lipinski definition) is 5. The normalized spacial score (nSPS) is 13.4. The van der Waals surface area contributed by atoms with Crippen LogP contribution in [0.15, 0.2) is 42.6 Å². The second-order valence-electron chi connectivity index (χ2n) is 6.64. The lowest BCUT2D eigenvalue weighted by molar-refractivity contribution is -0.173. The molecule has 1 amide bonds. The average Bonchev–Trinajstić information content (AvgIpc) is 3.11. The summed E-state index contributed by atoms with van der Waals surface area (Å²) in [5.41, 5.74) is 2.17. The van der Waals surface area contributed by atoms with Crippen molar-refractivity contribution in [1.29, 1.82) is 0 Å². The van der Waals surface area contributed by atoms with Crippen LogP contribution in [0.5, 0.6) is 0 Å². The van der Waals surface area contributed by atoms with E-state index in [4.69, 9.17) is 16.4 Å². The summed E-state index contributed by atoms with van der Waals surface area (Å²) < 4.78 is 1.78. The van der Waals surface area contributed by atoms with Gasteiger partial charge >= 0.3 is 6.09 Å². The third-order valence-electron chi connectivity index (χ3n) is 4.61. The molecule has 0 saturated heterocycles. The molecular weight excluding hydrogens is 396 g/mol. The number of halogens is 1. The monoisotopic (exact) mass is 418 g/mol. The van der Waals surface area contributed by atoms with Crippen LogP contribution in [-0.4, -0.2) is 48.8 Å². The van der Waals surface area contributed by atoms with Gasteiger partial charge in [0, 0.05) is 18.4 Å². The van der Waals surface area contributed by atoms with Gasteiger partial charge < -0.3 is 10.2 Å². The van der Waals surface area contributed by atoms with E-state index >= 15 is 0 Å². The number of hydrogen-bond donors (Lipinski definition) is 2. The summed E-state index contributed by atoms with van der Waals surface area (Å²) in [5, 5.41) is 26.3. The van der Waals surface area contributed by atoms with E-state index in [0.717, 1.165) is 21.5 Å². The molecule has 0 aliphatic rings. The van der Waals surface area contributed by atoms with E-state index in [1.165, 1.54) is 0 Å². The van der Waals surface area contributed by atoms with Crippen LogP contribution < -0.4 is 0 Å². The van der Waals surface area contributed by atoms with Crippen LogP contribution in [0.3, 0.4) is 0 Å². The molecule has 0 radical (unpaired) electrons. The van der Waals surface area contributed by atoms with Gasteiger partial charge in [0.05, 0.1) is 29.6 Å². The molecule has 1 aromatic carbocycles. The maximum atomic E-state index is 11.6. The molecule has 3 aromatic rings. The Kier molecular flexibility index (Phi) is 6.68. The Labute approximate surface area is 173 Å². The second kappa shape index (κ2) is 9.21. The van der Waals surface area contributed by atoms with Gasteiger partial charge in [0.15, 0.2) is 0 Å². The minimum atomic E-state index is -1.24. The number of pyridine rings is 1. The number of carboxylic acid groups (broad SMARTS) is 1. The summed E-state index contributed by atoms with van der Waals surface area (Å²) in [6.07, 6.45) is -0.363. The summed E-state index contributed by atoms with van der Waals surface area (Å²) >= 11 is 6.09. The van der Waals surface area contributed by atoms with Crippen molar-refractivity contribution >= 4 is 28.6 Å². The third-order valence-corrected chi connectivity index (χ3v) is 4.81. The number of rotatable bonds is 8. The first-order chi connectivity index (χ1) is 13.9. The zero-order valence-corrected chi connectivity index (χ0v) is 17.0. The Morgan fingerprint density at radius 2 is 2.07 bits per heavy atom. The maximum Gasteiger partial charge on any atom is 0.432 e. The number of aryl methyl sites for hydroxylation is 1. The highest BCUT2D eigenvalue weighted by Crippen LogP contribution is 2.23. The van der Waals surface area contributed by atoms with Gasteiger partial charge in [-0.2, -0.15) is 10.2 Å². The number of aromatic nitrogens is 3.